The Morgan fingerprint density at radius 3 is 1.65 bits per heavy atom. The molecule has 0 fully saturated rings. The van der Waals surface area contributed by atoms with Gasteiger partial charge in [0.05, 0.1) is 6.54 Å². The van der Waals surface area contributed by atoms with E-state index in [0.29, 0.717) is 13.1 Å². The summed E-state index contributed by atoms with van der Waals surface area (Å²) >= 11 is 0. The van der Waals surface area contributed by atoms with Crippen molar-refractivity contribution in [3.8, 4) is 0 Å². The van der Waals surface area contributed by atoms with E-state index < -0.39 is 0 Å². The second kappa shape index (κ2) is 21.0. The Labute approximate surface area is 209 Å². The molecule has 0 spiro atoms. The van der Waals surface area contributed by atoms with Crippen LogP contribution in [0, 0.1) is 11.8 Å². The van der Waals surface area contributed by atoms with E-state index in [2.05, 4.69) is 51.9 Å². The topological polar surface area (TPSA) is 58.5 Å². The van der Waals surface area contributed by atoms with Crippen LogP contribution < -0.4 is 5.32 Å². The van der Waals surface area contributed by atoms with Gasteiger partial charge < -0.3 is 5.32 Å². The zero-order valence-corrected chi connectivity index (χ0v) is 23.2. The third kappa shape index (κ3) is 15.3. The number of hydrogen-bond acceptors (Lipinski definition) is 4. The number of ketones is 2. The maximum Gasteiger partial charge on any atom is 0.184 e. The van der Waals surface area contributed by atoms with Crippen LogP contribution in [0.4, 0.5) is 0 Å². The minimum absolute atomic E-state index is 0.114. The Balaban J connectivity index is 0. The number of aliphatic imine (C=N–C) groups is 1. The Bertz CT molecular complexity index is 828. The molecule has 2 aliphatic rings. The molecule has 0 bridgehead atoms. The van der Waals surface area contributed by atoms with Gasteiger partial charge in [-0.15, -0.1) is 0 Å². The van der Waals surface area contributed by atoms with Gasteiger partial charge in [0.15, 0.2) is 11.6 Å². The maximum atomic E-state index is 11.2. The first-order valence-corrected chi connectivity index (χ1v) is 12.7. The molecule has 0 saturated heterocycles. The third-order valence-corrected chi connectivity index (χ3v) is 3.65. The van der Waals surface area contributed by atoms with E-state index in [9.17, 15) is 9.59 Å². The lowest BCUT2D eigenvalue weighted by atomic mass is 10.0. The highest BCUT2D eigenvalue weighted by molar-refractivity contribution is 6.07. The summed E-state index contributed by atoms with van der Waals surface area (Å²) in [5.74, 6) is 1.98. The molecule has 2 aliphatic heterocycles. The summed E-state index contributed by atoms with van der Waals surface area (Å²) in [6.07, 6.45) is 1.75. The standard InChI is InChI=1S/C9H9NO.C9H7NO.2C4H10.2C2H6/c2*11-9-6-10-5-7-3-1-2-4-8(7)9;2*1-4(2)3;2*1-2/h1-4,10H,5-6H2;1-5H,6H2;2*4H,1-3H3;2*1-2H3. The highest BCUT2D eigenvalue weighted by atomic mass is 16.1. The van der Waals surface area contributed by atoms with Crippen LogP contribution in [0.2, 0.25) is 0 Å². The molecule has 2 aromatic carbocycles. The van der Waals surface area contributed by atoms with E-state index in [1.807, 2.05) is 76.2 Å². The monoisotopic (exact) mass is 468 g/mol. The van der Waals surface area contributed by atoms with Gasteiger partial charge in [0, 0.05) is 29.4 Å². The van der Waals surface area contributed by atoms with Crippen molar-refractivity contribution < 1.29 is 9.59 Å². The van der Waals surface area contributed by atoms with Gasteiger partial charge in [0.25, 0.3) is 0 Å². The summed E-state index contributed by atoms with van der Waals surface area (Å²) in [5.41, 5.74) is 3.72. The lowest BCUT2D eigenvalue weighted by molar-refractivity contribution is 0.0979. The lowest BCUT2D eigenvalue weighted by Gasteiger charge is -2.14. The average molecular weight is 469 g/mol. The van der Waals surface area contributed by atoms with Gasteiger partial charge >= 0.3 is 0 Å². The van der Waals surface area contributed by atoms with E-state index in [1.54, 1.807) is 6.21 Å². The molecule has 0 atom stereocenters. The molecule has 0 amide bonds. The minimum Gasteiger partial charge on any atom is -0.306 e. The summed E-state index contributed by atoms with van der Waals surface area (Å²) in [5, 5.41) is 3.04. The minimum atomic E-state index is 0.114. The summed E-state index contributed by atoms with van der Waals surface area (Å²) in [6, 6.07) is 15.2. The first kappa shape index (κ1) is 33.6. The molecule has 1 N–H and O–H groups in total. The molecule has 4 nitrogen and oxygen atoms in total. The van der Waals surface area contributed by atoms with E-state index in [-0.39, 0.29) is 11.6 Å². The predicted molar refractivity (Wildman–Crippen MR) is 149 cm³/mol. The molecule has 0 aliphatic carbocycles. The van der Waals surface area contributed by atoms with Crippen LogP contribution in [0.1, 0.15) is 101 Å². The van der Waals surface area contributed by atoms with Crippen molar-refractivity contribution in [3.63, 3.8) is 0 Å². The zero-order valence-electron chi connectivity index (χ0n) is 23.2. The van der Waals surface area contributed by atoms with Crippen LogP contribution in [0.3, 0.4) is 0 Å². The number of nitrogens with one attached hydrogen (secondary N) is 1. The molecule has 4 rings (SSSR count). The van der Waals surface area contributed by atoms with Crippen molar-refractivity contribution in [2.45, 2.75) is 75.8 Å². The van der Waals surface area contributed by atoms with Crippen molar-refractivity contribution in [2.24, 2.45) is 16.8 Å². The SMILES string of the molecule is CC.CC.CC(C)C.CC(C)C.O=C1CN=Cc2ccccc21.O=C1CNCc2ccccc21. The first-order chi connectivity index (χ1) is 16.2. The number of fused-ring (bicyclic) bond motifs is 2. The number of Topliss-reactive ketones (excluding diaryl/α,β-unsaturated/α-hetero) is 2. The Hall–Kier alpha value is -2.59. The summed E-state index contributed by atoms with van der Waals surface area (Å²) in [6.45, 7) is 22.6. The molecule has 4 heteroatoms. The largest absolute Gasteiger partial charge is 0.306 e. The highest BCUT2D eigenvalue weighted by Crippen LogP contribution is 2.12. The molecule has 2 aromatic rings. The highest BCUT2D eigenvalue weighted by Gasteiger charge is 2.14. The Kier molecular flexibility index (Phi) is 20.7. The number of hydrogen-bond donors (Lipinski definition) is 1. The number of rotatable bonds is 0. The van der Waals surface area contributed by atoms with Gasteiger partial charge in [-0.3, -0.25) is 14.6 Å². The fraction of sp³-hybridized carbons (Fsp3) is 0.500. The van der Waals surface area contributed by atoms with Gasteiger partial charge in [-0.05, 0) is 17.4 Å². The fourth-order valence-corrected chi connectivity index (χ4v) is 2.53. The second-order valence-electron chi connectivity index (χ2n) is 8.63. The van der Waals surface area contributed by atoms with E-state index >= 15 is 0 Å². The number of benzene rings is 2. The van der Waals surface area contributed by atoms with E-state index in [1.165, 1.54) is 0 Å². The Morgan fingerprint density at radius 1 is 0.676 bits per heavy atom. The van der Waals surface area contributed by atoms with Crippen molar-refractivity contribution in [1.82, 2.24) is 5.32 Å². The maximum absolute atomic E-state index is 11.2. The predicted octanol–water partition coefficient (Wildman–Crippen LogP) is 7.65. The third-order valence-electron chi connectivity index (χ3n) is 3.65. The van der Waals surface area contributed by atoms with Gasteiger partial charge in [-0.25, -0.2) is 0 Å². The van der Waals surface area contributed by atoms with Crippen LogP contribution in [0.5, 0.6) is 0 Å². The normalized spacial score (nSPS) is 12.5. The lowest BCUT2D eigenvalue weighted by Crippen LogP contribution is -2.29. The zero-order chi connectivity index (χ0) is 26.5. The van der Waals surface area contributed by atoms with Gasteiger partial charge in [-0.1, -0.05) is 118 Å². The summed E-state index contributed by atoms with van der Waals surface area (Å²) < 4.78 is 0. The second-order valence-corrected chi connectivity index (χ2v) is 8.63. The first-order valence-electron chi connectivity index (χ1n) is 12.7. The van der Waals surface area contributed by atoms with E-state index in [4.69, 9.17) is 0 Å². The van der Waals surface area contributed by atoms with Crippen LogP contribution >= 0.6 is 0 Å². The molecule has 190 valence electrons. The van der Waals surface area contributed by atoms with Crippen LogP contribution in [-0.4, -0.2) is 30.9 Å². The van der Waals surface area contributed by atoms with Crippen LogP contribution in [0.25, 0.3) is 0 Å². The van der Waals surface area contributed by atoms with Crippen molar-refractivity contribution in [1.29, 1.82) is 0 Å². The molecule has 34 heavy (non-hydrogen) atoms. The number of carbonyl (C=O) groups is 2. The average Bonchev–Trinajstić information content (AvgIpc) is 2.82. The van der Waals surface area contributed by atoms with Crippen molar-refractivity contribution in [2.75, 3.05) is 13.1 Å². The number of nitrogens with zero attached hydrogens (tertiary/aromatic N) is 1. The fourth-order valence-electron chi connectivity index (χ4n) is 2.53. The van der Waals surface area contributed by atoms with Crippen molar-refractivity contribution in [3.05, 3.63) is 70.8 Å². The number of carbonyl (C=O) groups excluding carboxylic acids is 2. The molecular weight excluding hydrogens is 420 g/mol. The van der Waals surface area contributed by atoms with Gasteiger partial charge in [-0.2, -0.15) is 0 Å². The molecular formula is C30H48N2O2. The quantitative estimate of drug-likeness (QED) is 0.432. The van der Waals surface area contributed by atoms with Gasteiger partial charge in [0.1, 0.15) is 6.54 Å². The van der Waals surface area contributed by atoms with E-state index in [0.717, 1.165) is 40.6 Å². The van der Waals surface area contributed by atoms with Crippen LogP contribution in [0.15, 0.2) is 53.5 Å². The van der Waals surface area contributed by atoms with Crippen molar-refractivity contribution >= 4 is 17.8 Å². The van der Waals surface area contributed by atoms with Crippen LogP contribution in [-0.2, 0) is 6.54 Å². The molecule has 0 unspecified atom stereocenters. The Morgan fingerprint density at radius 2 is 1.15 bits per heavy atom. The molecule has 0 radical (unpaired) electrons. The molecule has 0 aromatic heterocycles. The smallest absolute Gasteiger partial charge is 0.184 e. The molecule has 0 saturated carbocycles. The summed E-state index contributed by atoms with van der Waals surface area (Å²) in [4.78, 5) is 26.3. The molecule has 2 heterocycles. The summed E-state index contributed by atoms with van der Waals surface area (Å²) in [7, 11) is 0. The van der Waals surface area contributed by atoms with Gasteiger partial charge in [0.2, 0.25) is 0 Å².